The van der Waals surface area contributed by atoms with Crippen molar-refractivity contribution in [1.29, 1.82) is 5.41 Å². The highest BCUT2D eigenvalue weighted by molar-refractivity contribution is 5.87. The molecule has 3 heteroatoms. The van der Waals surface area contributed by atoms with Crippen LogP contribution in [0.15, 0.2) is 84.5 Å². The molecule has 2 atom stereocenters. The SMILES string of the molecule is C.C=C(C1=C[CH]1)C(CC)CCC.CC(=N)Cc1ccccc1.CC(=O)CCC(Cc1ccc(C2=C[CH]2)cc1)C(C)=O. The van der Waals surface area contributed by atoms with E-state index in [9.17, 15) is 9.59 Å². The molecular formula is C38H51NO2. The molecule has 0 fully saturated rings. The van der Waals surface area contributed by atoms with Crippen LogP contribution in [0.25, 0.3) is 5.57 Å². The Kier molecular flexibility index (Phi) is 16.5. The zero-order chi connectivity index (χ0) is 29.5. The Morgan fingerprint density at radius 2 is 1.44 bits per heavy atom. The molecule has 0 saturated heterocycles. The van der Waals surface area contributed by atoms with Crippen LogP contribution in [-0.2, 0) is 22.4 Å². The Morgan fingerprint density at radius 3 is 1.88 bits per heavy atom. The van der Waals surface area contributed by atoms with Crippen molar-refractivity contribution < 1.29 is 9.59 Å². The van der Waals surface area contributed by atoms with Crippen LogP contribution in [0, 0.1) is 30.1 Å². The van der Waals surface area contributed by atoms with Gasteiger partial charge in [0, 0.05) is 37.3 Å². The fourth-order valence-corrected chi connectivity index (χ4v) is 4.55. The lowest BCUT2D eigenvalue weighted by Crippen LogP contribution is -2.15. The van der Waals surface area contributed by atoms with Crippen molar-refractivity contribution in [2.24, 2.45) is 11.8 Å². The van der Waals surface area contributed by atoms with Crippen LogP contribution in [-0.4, -0.2) is 17.3 Å². The fraction of sp³-hybridized carbons (Fsp3) is 0.395. The second kappa shape index (κ2) is 18.9. The van der Waals surface area contributed by atoms with Crippen molar-refractivity contribution in [2.75, 3.05) is 0 Å². The van der Waals surface area contributed by atoms with Gasteiger partial charge in [-0.15, -0.1) is 0 Å². The van der Waals surface area contributed by atoms with E-state index >= 15 is 0 Å². The minimum Gasteiger partial charge on any atom is -0.310 e. The summed E-state index contributed by atoms with van der Waals surface area (Å²) in [6.07, 6.45) is 14.9. The van der Waals surface area contributed by atoms with E-state index in [2.05, 4.69) is 69.7 Å². The number of hydrogen-bond acceptors (Lipinski definition) is 3. The third-order valence-corrected chi connectivity index (χ3v) is 7.16. The predicted octanol–water partition coefficient (Wildman–Crippen LogP) is 9.82. The molecule has 2 unspecified atom stereocenters. The number of rotatable bonds is 14. The molecule has 0 aliphatic heterocycles. The third kappa shape index (κ3) is 14.7. The van der Waals surface area contributed by atoms with Gasteiger partial charge in [-0.2, -0.15) is 0 Å². The average molecular weight is 554 g/mol. The molecule has 2 aliphatic carbocycles. The molecule has 0 amide bonds. The molecule has 2 aliphatic rings. The van der Waals surface area contributed by atoms with Gasteiger partial charge in [0.05, 0.1) is 0 Å². The first kappa shape index (κ1) is 35.7. The Morgan fingerprint density at radius 1 is 0.829 bits per heavy atom. The van der Waals surface area contributed by atoms with Crippen molar-refractivity contribution in [3.63, 3.8) is 0 Å². The quantitative estimate of drug-likeness (QED) is 0.237. The predicted molar refractivity (Wildman–Crippen MR) is 177 cm³/mol. The van der Waals surface area contributed by atoms with E-state index in [1.807, 2.05) is 37.3 Å². The smallest absolute Gasteiger partial charge is 0.133 e. The van der Waals surface area contributed by atoms with Crippen LogP contribution in [0.3, 0.4) is 0 Å². The highest BCUT2D eigenvalue weighted by atomic mass is 16.1. The first-order valence-corrected chi connectivity index (χ1v) is 14.6. The number of ketones is 2. The molecule has 2 aromatic carbocycles. The Labute approximate surface area is 250 Å². The maximum absolute atomic E-state index is 11.6. The van der Waals surface area contributed by atoms with E-state index in [1.165, 1.54) is 47.1 Å². The molecule has 4 rings (SSSR count). The molecular weight excluding hydrogens is 502 g/mol. The van der Waals surface area contributed by atoms with Gasteiger partial charge < -0.3 is 10.2 Å². The number of carbonyl (C=O) groups excluding carboxylic acids is 2. The molecule has 0 aromatic heterocycles. The summed E-state index contributed by atoms with van der Waals surface area (Å²) in [6, 6.07) is 18.4. The van der Waals surface area contributed by atoms with Gasteiger partial charge in [-0.05, 0) is 85.8 Å². The summed E-state index contributed by atoms with van der Waals surface area (Å²) < 4.78 is 0. The second-order valence-electron chi connectivity index (χ2n) is 10.9. The van der Waals surface area contributed by atoms with E-state index in [0.29, 0.717) is 18.6 Å². The minimum absolute atomic E-state index is 0. The van der Waals surface area contributed by atoms with Gasteiger partial charge >= 0.3 is 0 Å². The van der Waals surface area contributed by atoms with Crippen molar-refractivity contribution in [3.8, 4) is 0 Å². The first-order valence-electron chi connectivity index (χ1n) is 14.6. The summed E-state index contributed by atoms with van der Waals surface area (Å²) in [5, 5.41) is 7.23. The topological polar surface area (TPSA) is 58.0 Å². The third-order valence-electron chi connectivity index (χ3n) is 7.16. The lowest BCUT2D eigenvalue weighted by molar-refractivity contribution is -0.121. The lowest BCUT2D eigenvalue weighted by atomic mass is 9.90. The van der Waals surface area contributed by atoms with E-state index < -0.39 is 0 Å². The molecule has 0 bridgehead atoms. The number of carbonyl (C=O) groups is 2. The molecule has 41 heavy (non-hydrogen) atoms. The van der Waals surface area contributed by atoms with Gasteiger partial charge in [-0.25, -0.2) is 0 Å². The summed E-state index contributed by atoms with van der Waals surface area (Å²) in [4.78, 5) is 22.6. The van der Waals surface area contributed by atoms with Crippen molar-refractivity contribution in [3.05, 3.63) is 114 Å². The fourth-order valence-electron chi connectivity index (χ4n) is 4.55. The number of nitrogens with one attached hydrogen (secondary N) is 1. The maximum atomic E-state index is 11.6. The monoisotopic (exact) mass is 553 g/mol. The van der Waals surface area contributed by atoms with E-state index in [0.717, 1.165) is 24.3 Å². The van der Waals surface area contributed by atoms with Gasteiger partial charge in [0.2, 0.25) is 0 Å². The summed E-state index contributed by atoms with van der Waals surface area (Å²) in [6.45, 7) is 13.6. The largest absolute Gasteiger partial charge is 0.310 e. The summed E-state index contributed by atoms with van der Waals surface area (Å²) in [5.41, 5.74) is 8.35. The second-order valence-corrected chi connectivity index (χ2v) is 10.9. The first-order chi connectivity index (χ1) is 19.1. The zero-order valence-electron chi connectivity index (χ0n) is 25.1. The van der Waals surface area contributed by atoms with E-state index in [-0.39, 0.29) is 24.9 Å². The van der Waals surface area contributed by atoms with Crippen LogP contribution in [0.4, 0.5) is 0 Å². The van der Waals surface area contributed by atoms with E-state index in [4.69, 9.17) is 5.41 Å². The van der Waals surface area contributed by atoms with Gasteiger partial charge in [0.15, 0.2) is 0 Å². The summed E-state index contributed by atoms with van der Waals surface area (Å²) >= 11 is 0. The molecule has 0 spiro atoms. The summed E-state index contributed by atoms with van der Waals surface area (Å²) in [5.74, 6) is 1.01. The van der Waals surface area contributed by atoms with E-state index in [1.54, 1.807) is 13.8 Å². The standard InChI is InChI=1S/C17H19O2.C11H17.C9H11N.CH4/c1-12(18)3-6-17(13(2)19)11-14-4-7-15(8-5-14)16-9-10-16;1-4-6-10(5-2)9(3)11-7-8-11;1-8(10)7-9-5-3-2-4-6-9;/h4-5,7-10,17H,3,6,11H2,1-2H3;7-8,10H,3-6H2,1-2H3;2-6,10H,7H2,1H3;1H4. The van der Waals surface area contributed by atoms with Crippen molar-refractivity contribution >= 4 is 22.9 Å². The number of Topliss-reactive ketones (excluding diaryl/α,β-unsaturated/α-hetero) is 2. The normalized spacial score (nSPS) is 13.8. The minimum atomic E-state index is -0.0403. The van der Waals surface area contributed by atoms with Gasteiger partial charge in [-0.3, -0.25) is 4.79 Å². The zero-order valence-corrected chi connectivity index (χ0v) is 25.1. The number of hydrogen-bond donors (Lipinski definition) is 1. The van der Waals surface area contributed by atoms with Crippen LogP contribution < -0.4 is 0 Å². The highest BCUT2D eigenvalue weighted by Gasteiger charge is 2.18. The van der Waals surface area contributed by atoms with Gasteiger partial charge in [0.25, 0.3) is 0 Å². The van der Waals surface area contributed by atoms with Gasteiger partial charge in [-0.1, -0.05) is 101 Å². The molecule has 3 nitrogen and oxygen atoms in total. The molecule has 0 heterocycles. The van der Waals surface area contributed by atoms with Crippen LogP contribution in [0.2, 0.25) is 0 Å². The average Bonchev–Trinajstić information content (AvgIpc) is 3.84. The van der Waals surface area contributed by atoms with Crippen molar-refractivity contribution in [1.82, 2.24) is 0 Å². The summed E-state index contributed by atoms with van der Waals surface area (Å²) in [7, 11) is 0. The van der Waals surface area contributed by atoms with Crippen LogP contribution in [0.5, 0.6) is 0 Å². The number of benzene rings is 2. The Hall–Kier alpha value is -3.33. The van der Waals surface area contributed by atoms with Crippen LogP contribution in [0.1, 0.15) is 90.8 Å². The van der Waals surface area contributed by atoms with Crippen LogP contribution >= 0.6 is 0 Å². The Bertz CT molecular complexity index is 1180. The number of allylic oxidation sites excluding steroid dienone is 5. The molecule has 0 saturated carbocycles. The molecule has 220 valence electrons. The highest BCUT2D eigenvalue weighted by Crippen LogP contribution is 2.33. The Balaban J connectivity index is 0.000000328. The van der Waals surface area contributed by atoms with Gasteiger partial charge in [0.1, 0.15) is 11.6 Å². The lowest BCUT2D eigenvalue weighted by Gasteiger charge is -2.14. The molecule has 1 N–H and O–H groups in total. The van der Waals surface area contributed by atoms with Crippen molar-refractivity contribution in [2.45, 2.75) is 87.0 Å². The molecule has 2 radical (unpaired) electrons. The maximum Gasteiger partial charge on any atom is 0.133 e. The molecule has 2 aromatic rings.